The number of fused-ring (bicyclic) bond motifs is 24. The van der Waals surface area contributed by atoms with E-state index in [1.807, 2.05) is 109 Å². The fourth-order valence-electron chi connectivity index (χ4n) is 16.2. The molecule has 0 radical (unpaired) electrons. The quantitative estimate of drug-likeness (QED) is 0.159. The Morgan fingerprint density at radius 1 is 0.311 bits per heavy atom. The van der Waals surface area contributed by atoms with E-state index in [0.717, 1.165) is 159 Å². The number of hydrogen-bond donors (Lipinski definition) is 0. The number of para-hydroxylation sites is 7. The molecule has 0 unspecified atom stereocenters. The lowest BCUT2D eigenvalue weighted by atomic mass is 9.48. The van der Waals surface area contributed by atoms with Crippen LogP contribution >= 0.6 is 0 Å². The van der Waals surface area contributed by atoms with Gasteiger partial charge >= 0.3 is 13.7 Å². The molecule has 2 aliphatic rings. The lowest BCUT2D eigenvalue weighted by molar-refractivity contribution is 0.670. The van der Waals surface area contributed by atoms with Crippen molar-refractivity contribution in [2.24, 2.45) is 0 Å². The van der Waals surface area contributed by atoms with Crippen molar-refractivity contribution in [2.75, 3.05) is 0 Å². The highest BCUT2D eigenvalue weighted by Crippen LogP contribution is 2.48. The summed E-state index contributed by atoms with van der Waals surface area (Å²) in [4.78, 5) is 0. The Hall–Kier alpha value is -13.0. The third-order valence-electron chi connectivity index (χ3n) is 19.6. The number of aromatic nitrogens is 4. The molecule has 0 saturated heterocycles. The van der Waals surface area contributed by atoms with Gasteiger partial charge in [-0.15, -0.1) is 0 Å². The molecule has 0 saturated carbocycles. The van der Waals surface area contributed by atoms with Gasteiger partial charge in [0.05, 0.1) is 88.8 Å². The molecular formula is C77H35B2N9O2. The standard InChI is InChI=1S/C77H35B2N9O2/c80-36-41-25-28-48-51-17-10-21-59-74(51)86(64(48)33-41)62-23-5-2-19-57(62)78(59)88-72-45(39-83)13-9-18-55(72)67-47(29-27-46(40-84)73(67)88)42-26-30-50-54-31-32-63-68(76(54)90-66(50)34-42)69-75-60(35-56-49-14-1-6-24-65(49)89-77(56)69)79(58-20-3-4-22-61(58)85(63)75)87-70-43(37-81)11-7-15-52(70)53-16-8-12-44(38-82)71(53)87/h1-35H. The number of furan rings is 2. The first kappa shape index (κ1) is 48.3. The third-order valence-corrected chi connectivity index (χ3v) is 19.6. The summed E-state index contributed by atoms with van der Waals surface area (Å²) in [6.07, 6.45) is 0. The van der Waals surface area contributed by atoms with Gasteiger partial charge in [0.2, 0.25) is 0 Å². The van der Waals surface area contributed by atoms with Crippen LogP contribution in [0.15, 0.2) is 221 Å². The van der Waals surface area contributed by atoms with Crippen molar-refractivity contribution in [3.63, 3.8) is 0 Å². The molecule has 0 aliphatic carbocycles. The molecule has 11 nitrogen and oxygen atoms in total. The molecule has 406 valence electrons. The smallest absolute Gasteiger partial charge is 0.332 e. The minimum atomic E-state index is -0.498. The zero-order valence-corrected chi connectivity index (χ0v) is 47.2. The fourth-order valence-corrected chi connectivity index (χ4v) is 16.2. The van der Waals surface area contributed by atoms with Gasteiger partial charge in [0, 0.05) is 65.2 Å². The van der Waals surface area contributed by atoms with Gasteiger partial charge in [-0.05, 0) is 112 Å². The Bertz CT molecular complexity index is 6640. The summed E-state index contributed by atoms with van der Waals surface area (Å²) >= 11 is 0. The predicted octanol–water partition coefficient (Wildman–Crippen LogP) is 14.9. The largest absolute Gasteiger partial charge is 0.455 e. The molecule has 13 heteroatoms. The summed E-state index contributed by atoms with van der Waals surface area (Å²) in [7, 11) is 0. The lowest BCUT2D eigenvalue weighted by Gasteiger charge is -2.28. The van der Waals surface area contributed by atoms with Crippen molar-refractivity contribution in [3.8, 4) is 52.8 Å². The van der Waals surface area contributed by atoms with E-state index in [1.54, 1.807) is 0 Å². The van der Waals surface area contributed by atoms with Crippen LogP contribution in [-0.2, 0) is 0 Å². The predicted molar refractivity (Wildman–Crippen MR) is 358 cm³/mol. The molecule has 12 aromatic carbocycles. The van der Waals surface area contributed by atoms with Crippen LogP contribution in [0.3, 0.4) is 0 Å². The van der Waals surface area contributed by atoms with Crippen LogP contribution in [0.4, 0.5) is 0 Å². The van der Waals surface area contributed by atoms with Crippen LogP contribution in [0.25, 0.3) is 154 Å². The summed E-state index contributed by atoms with van der Waals surface area (Å²) in [5.74, 6) is 0. The summed E-state index contributed by atoms with van der Waals surface area (Å²) in [5.41, 5.74) is 19.8. The van der Waals surface area contributed by atoms with Gasteiger partial charge in [-0.1, -0.05) is 133 Å². The molecule has 0 atom stereocenters. The molecule has 0 amide bonds. The Morgan fingerprint density at radius 3 is 1.56 bits per heavy atom. The minimum Gasteiger partial charge on any atom is -0.455 e. The average molecular weight is 1140 g/mol. The molecule has 20 rings (SSSR count). The second-order valence-electron chi connectivity index (χ2n) is 23.7. The Labute approximate surface area is 510 Å². The Morgan fingerprint density at radius 2 is 0.844 bits per heavy atom. The van der Waals surface area contributed by atoms with Crippen molar-refractivity contribution in [3.05, 3.63) is 240 Å². The van der Waals surface area contributed by atoms with E-state index in [0.29, 0.717) is 44.5 Å². The van der Waals surface area contributed by atoms with E-state index in [2.05, 4.69) is 152 Å². The maximum absolute atomic E-state index is 11.3. The molecule has 0 fully saturated rings. The maximum atomic E-state index is 11.3. The van der Waals surface area contributed by atoms with Gasteiger partial charge in [0.25, 0.3) is 0 Å². The van der Waals surface area contributed by atoms with Gasteiger partial charge in [0.15, 0.2) is 0 Å². The van der Waals surface area contributed by atoms with Crippen LogP contribution < -0.4 is 21.9 Å². The summed E-state index contributed by atoms with van der Waals surface area (Å²) < 4.78 is 23.6. The molecule has 90 heavy (non-hydrogen) atoms. The van der Waals surface area contributed by atoms with Gasteiger partial charge < -0.3 is 26.9 Å². The van der Waals surface area contributed by atoms with Gasteiger partial charge in [0.1, 0.15) is 46.6 Å². The van der Waals surface area contributed by atoms with Gasteiger partial charge in [-0.2, -0.15) is 26.3 Å². The zero-order valence-electron chi connectivity index (χ0n) is 47.2. The maximum Gasteiger partial charge on any atom is 0.332 e. The highest BCUT2D eigenvalue weighted by Gasteiger charge is 2.41. The van der Waals surface area contributed by atoms with E-state index in [4.69, 9.17) is 8.83 Å². The van der Waals surface area contributed by atoms with Crippen molar-refractivity contribution < 1.29 is 8.83 Å². The second-order valence-corrected chi connectivity index (χ2v) is 23.7. The van der Waals surface area contributed by atoms with Gasteiger partial charge in [-0.25, -0.2) is 0 Å². The number of nitriles is 5. The highest BCUT2D eigenvalue weighted by molar-refractivity contribution is 6.89. The highest BCUT2D eigenvalue weighted by atomic mass is 16.3. The molecule has 0 bridgehead atoms. The first-order valence-electron chi connectivity index (χ1n) is 29.7. The molecule has 8 heterocycles. The van der Waals surface area contributed by atoms with Crippen molar-refractivity contribution in [1.82, 2.24) is 18.1 Å². The number of hydrogen-bond acceptors (Lipinski definition) is 7. The lowest BCUT2D eigenvalue weighted by Crippen LogP contribution is -2.53. The van der Waals surface area contributed by atoms with Crippen LogP contribution in [0.5, 0.6) is 0 Å². The van der Waals surface area contributed by atoms with E-state index in [-0.39, 0.29) is 0 Å². The summed E-state index contributed by atoms with van der Waals surface area (Å²) in [6.45, 7) is -0.969. The Kier molecular flexibility index (Phi) is 9.19. The van der Waals surface area contributed by atoms with Crippen molar-refractivity contribution >= 4 is 167 Å². The molecule has 0 N–H and O–H groups in total. The molecule has 0 spiro atoms. The van der Waals surface area contributed by atoms with Crippen LogP contribution in [-0.4, -0.2) is 31.8 Å². The minimum absolute atomic E-state index is 0.471. The van der Waals surface area contributed by atoms with Crippen LogP contribution in [0.2, 0.25) is 0 Å². The topological polar surface area (TPSA) is 165 Å². The first-order chi connectivity index (χ1) is 44.5. The number of benzene rings is 12. The first-order valence-corrected chi connectivity index (χ1v) is 29.7. The van der Waals surface area contributed by atoms with Crippen LogP contribution in [0, 0.1) is 56.7 Å². The SMILES string of the molecule is N#Cc1ccc2c3cccc4c3n(c2c1)-c1ccccc1B4n1c2c(C#N)cccc2c2c(-c3ccc4c(c3)oc3c4ccc4c3c3c5oc6ccccc6c5cc5c3n4-c3ccccc3B5n3c4c(C#N)cccc4c4cccc(C#N)c43)ccc(C#N)c21. The van der Waals surface area contributed by atoms with E-state index < -0.39 is 13.7 Å². The Balaban J connectivity index is 0.863. The molecule has 6 aromatic heterocycles. The normalized spacial score (nSPS) is 12.6. The van der Waals surface area contributed by atoms with E-state index in [9.17, 15) is 26.3 Å². The summed E-state index contributed by atoms with van der Waals surface area (Å²) in [6, 6.07) is 84.1. The number of nitrogens with zero attached hydrogens (tertiary/aromatic N) is 9. The fraction of sp³-hybridized carbons (Fsp3) is 0. The van der Waals surface area contributed by atoms with Crippen molar-refractivity contribution in [2.45, 2.75) is 0 Å². The average Bonchev–Trinajstić information content (AvgIpc) is 1.55. The monoisotopic (exact) mass is 1140 g/mol. The molecule has 18 aromatic rings. The molecular weight excluding hydrogens is 1100 g/mol. The van der Waals surface area contributed by atoms with Crippen molar-refractivity contribution in [1.29, 1.82) is 26.3 Å². The second kappa shape index (κ2) is 17.1. The molecule has 2 aliphatic heterocycles. The number of rotatable bonds is 3. The van der Waals surface area contributed by atoms with E-state index in [1.165, 1.54) is 0 Å². The van der Waals surface area contributed by atoms with Crippen LogP contribution in [0.1, 0.15) is 27.8 Å². The van der Waals surface area contributed by atoms with E-state index >= 15 is 0 Å². The third kappa shape index (κ3) is 5.81. The van der Waals surface area contributed by atoms with Gasteiger partial charge in [-0.3, -0.25) is 0 Å². The zero-order chi connectivity index (χ0) is 59.5. The summed E-state index contributed by atoms with van der Waals surface area (Å²) in [5, 5.41) is 65.4.